The Hall–Kier alpha value is -3.22. The van der Waals surface area contributed by atoms with Crippen LogP contribution >= 0.6 is 0 Å². The normalized spacial score (nSPS) is 16.6. The average Bonchev–Trinajstić information content (AvgIpc) is 2.92. The number of carbonyl (C=O) groups is 2. The molecule has 0 aliphatic carbocycles. The number of hydrogen-bond donors (Lipinski definition) is 1. The van der Waals surface area contributed by atoms with E-state index in [0.29, 0.717) is 11.1 Å². The third kappa shape index (κ3) is 3.79. The van der Waals surface area contributed by atoms with Crippen LogP contribution < -0.4 is 9.64 Å². The van der Waals surface area contributed by atoms with E-state index in [4.69, 9.17) is 4.74 Å². The number of methoxy groups -OCH3 is 1. The largest absolute Gasteiger partial charge is 0.503 e. The minimum atomic E-state index is -1.00. The van der Waals surface area contributed by atoms with Crippen molar-refractivity contribution in [2.24, 2.45) is 5.92 Å². The number of ether oxygens (including phenoxy) is 1. The van der Waals surface area contributed by atoms with Gasteiger partial charge in [0.2, 0.25) is 0 Å². The van der Waals surface area contributed by atoms with Gasteiger partial charge in [0.15, 0.2) is 23.1 Å². The molecule has 0 fully saturated rings. The molecule has 0 saturated carbocycles. The van der Waals surface area contributed by atoms with Crippen LogP contribution in [0.2, 0.25) is 0 Å². The Balaban J connectivity index is 2.19. The second-order valence-electron chi connectivity index (χ2n) is 7.68. The molecule has 30 heavy (non-hydrogen) atoms. The lowest BCUT2D eigenvalue weighted by Gasteiger charge is -2.28. The highest BCUT2D eigenvalue weighted by molar-refractivity contribution is 6.16. The summed E-state index contributed by atoms with van der Waals surface area (Å²) in [7, 11) is 1.32. The van der Waals surface area contributed by atoms with Crippen molar-refractivity contribution in [3.05, 3.63) is 70.5 Å². The Morgan fingerprint density at radius 3 is 2.47 bits per heavy atom. The van der Waals surface area contributed by atoms with E-state index in [1.165, 1.54) is 37.4 Å². The lowest BCUT2D eigenvalue weighted by Crippen LogP contribution is -2.31. The third-order valence-electron chi connectivity index (χ3n) is 5.04. The predicted octanol–water partition coefficient (Wildman–Crippen LogP) is 4.80. The number of ketones is 1. The van der Waals surface area contributed by atoms with Crippen molar-refractivity contribution < 1.29 is 28.2 Å². The van der Waals surface area contributed by atoms with Gasteiger partial charge in [0.05, 0.1) is 18.7 Å². The molecule has 0 bridgehead atoms. The van der Waals surface area contributed by atoms with Crippen LogP contribution in [0, 0.1) is 24.5 Å². The Morgan fingerprint density at radius 2 is 1.90 bits per heavy atom. The van der Waals surface area contributed by atoms with Gasteiger partial charge >= 0.3 is 0 Å². The Bertz CT molecular complexity index is 1050. The van der Waals surface area contributed by atoms with Gasteiger partial charge in [-0.1, -0.05) is 19.9 Å². The predicted molar refractivity (Wildman–Crippen MR) is 108 cm³/mol. The van der Waals surface area contributed by atoms with Gasteiger partial charge in [-0.25, -0.2) is 8.78 Å². The highest BCUT2D eigenvalue weighted by Gasteiger charge is 2.45. The van der Waals surface area contributed by atoms with E-state index in [0.717, 1.165) is 11.0 Å². The number of Topliss-reactive ketones (excluding diaryl/α,β-unsaturated/α-hetero) is 1. The molecule has 1 aliphatic rings. The molecule has 0 radical (unpaired) electrons. The SMILES string of the molecule is COc1ccc(N2C(=O)C(O)=C(C(=O)CC(C)C)C2c2ccc(F)cc2C)cc1F. The number of anilines is 1. The van der Waals surface area contributed by atoms with Crippen LogP contribution in [0.4, 0.5) is 14.5 Å². The van der Waals surface area contributed by atoms with Crippen molar-refractivity contribution >= 4 is 17.4 Å². The van der Waals surface area contributed by atoms with Crippen molar-refractivity contribution in [1.82, 2.24) is 0 Å². The van der Waals surface area contributed by atoms with Crippen LogP contribution in [-0.4, -0.2) is 23.9 Å². The van der Waals surface area contributed by atoms with Crippen LogP contribution in [0.25, 0.3) is 0 Å². The number of carbonyl (C=O) groups excluding carboxylic acids is 2. The van der Waals surface area contributed by atoms with Crippen LogP contribution in [0.3, 0.4) is 0 Å². The lowest BCUT2D eigenvalue weighted by atomic mass is 9.90. The van der Waals surface area contributed by atoms with E-state index in [-0.39, 0.29) is 35.1 Å². The van der Waals surface area contributed by atoms with Gasteiger partial charge in [0.25, 0.3) is 5.91 Å². The molecule has 3 rings (SSSR count). The molecule has 1 heterocycles. The number of halogens is 2. The number of aliphatic hydroxyl groups excluding tert-OH is 1. The molecule has 1 N–H and O–H groups in total. The third-order valence-corrected chi connectivity index (χ3v) is 5.04. The average molecular weight is 415 g/mol. The fourth-order valence-corrected chi connectivity index (χ4v) is 3.68. The van der Waals surface area contributed by atoms with Crippen molar-refractivity contribution in [2.75, 3.05) is 12.0 Å². The van der Waals surface area contributed by atoms with Crippen molar-refractivity contribution in [3.63, 3.8) is 0 Å². The van der Waals surface area contributed by atoms with Gasteiger partial charge < -0.3 is 9.84 Å². The molecule has 2 aromatic rings. The Kier molecular flexibility index (Phi) is 5.92. The number of hydrogen-bond acceptors (Lipinski definition) is 4. The van der Waals surface area contributed by atoms with Crippen LogP contribution in [0.1, 0.15) is 37.4 Å². The van der Waals surface area contributed by atoms with Crippen LogP contribution in [0.15, 0.2) is 47.7 Å². The first kappa shape index (κ1) is 21.5. The smallest absolute Gasteiger partial charge is 0.294 e. The van der Waals surface area contributed by atoms with E-state index in [9.17, 15) is 23.5 Å². The highest BCUT2D eigenvalue weighted by atomic mass is 19.1. The molecule has 1 amide bonds. The summed E-state index contributed by atoms with van der Waals surface area (Å²) in [5.41, 5.74) is 1.04. The summed E-state index contributed by atoms with van der Waals surface area (Å²) < 4.78 is 33.0. The zero-order valence-corrected chi connectivity index (χ0v) is 17.2. The molecule has 7 heteroatoms. The maximum Gasteiger partial charge on any atom is 0.294 e. The highest BCUT2D eigenvalue weighted by Crippen LogP contribution is 2.43. The fraction of sp³-hybridized carbons (Fsp3) is 0.304. The minimum Gasteiger partial charge on any atom is -0.503 e. The molecule has 1 unspecified atom stereocenters. The standard InChI is InChI=1S/C23H23F2NO4/c1-12(2)9-18(27)20-21(16-7-5-14(24)10-13(16)3)26(23(29)22(20)28)15-6-8-19(30-4)17(25)11-15/h5-8,10-12,21,28H,9H2,1-4H3. The quantitative estimate of drug-likeness (QED) is 0.736. The van der Waals surface area contributed by atoms with Gasteiger partial charge in [-0.3, -0.25) is 14.5 Å². The molecule has 1 atom stereocenters. The number of aliphatic hydroxyl groups is 1. The summed E-state index contributed by atoms with van der Waals surface area (Å²) in [5, 5.41) is 10.6. The van der Waals surface area contributed by atoms with Crippen LogP contribution in [-0.2, 0) is 9.59 Å². The fourth-order valence-electron chi connectivity index (χ4n) is 3.68. The van der Waals surface area contributed by atoms with Crippen LogP contribution in [0.5, 0.6) is 5.75 Å². The summed E-state index contributed by atoms with van der Waals surface area (Å²) >= 11 is 0. The van der Waals surface area contributed by atoms with E-state index in [1.54, 1.807) is 6.92 Å². The van der Waals surface area contributed by atoms with Crippen molar-refractivity contribution in [2.45, 2.75) is 33.2 Å². The molecule has 0 saturated heterocycles. The zero-order valence-electron chi connectivity index (χ0n) is 17.2. The first-order valence-corrected chi connectivity index (χ1v) is 9.55. The number of aryl methyl sites for hydroxylation is 1. The summed E-state index contributed by atoms with van der Waals surface area (Å²) in [5.74, 6) is -3.06. The van der Waals surface area contributed by atoms with Gasteiger partial charge in [0, 0.05) is 18.2 Å². The maximum atomic E-state index is 14.4. The van der Waals surface area contributed by atoms with E-state index in [2.05, 4.69) is 0 Å². The number of amides is 1. The molecule has 158 valence electrons. The zero-order chi connectivity index (χ0) is 22.2. The summed E-state index contributed by atoms with van der Waals surface area (Å²) in [6, 6.07) is 6.90. The van der Waals surface area contributed by atoms with E-state index >= 15 is 0 Å². The van der Waals surface area contributed by atoms with Crippen molar-refractivity contribution in [1.29, 1.82) is 0 Å². The molecule has 5 nitrogen and oxygen atoms in total. The second-order valence-corrected chi connectivity index (χ2v) is 7.68. The molecular formula is C23H23F2NO4. The summed E-state index contributed by atoms with van der Waals surface area (Å²) in [6.07, 6.45) is 0.119. The summed E-state index contributed by atoms with van der Waals surface area (Å²) in [6.45, 7) is 5.34. The van der Waals surface area contributed by atoms with Gasteiger partial charge in [-0.15, -0.1) is 0 Å². The van der Waals surface area contributed by atoms with Gasteiger partial charge in [-0.2, -0.15) is 0 Å². The molecule has 0 spiro atoms. The Labute approximate surface area is 173 Å². The maximum absolute atomic E-state index is 14.4. The number of nitrogens with zero attached hydrogens (tertiary/aromatic N) is 1. The van der Waals surface area contributed by atoms with Crippen molar-refractivity contribution in [3.8, 4) is 5.75 Å². The first-order valence-electron chi connectivity index (χ1n) is 9.55. The molecule has 0 aromatic heterocycles. The summed E-state index contributed by atoms with van der Waals surface area (Å²) in [4.78, 5) is 27.1. The monoisotopic (exact) mass is 415 g/mol. The van der Waals surface area contributed by atoms with Gasteiger partial charge in [-0.05, 0) is 48.2 Å². The molecule has 1 aliphatic heterocycles. The number of benzene rings is 2. The molecule has 2 aromatic carbocycles. The van der Waals surface area contributed by atoms with Gasteiger partial charge in [0.1, 0.15) is 5.82 Å². The lowest BCUT2D eigenvalue weighted by molar-refractivity contribution is -0.118. The second kappa shape index (κ2) is 8.26. The Morgan fingerprint density at radius 1 is 1.20 bits per heavy atom. The topological polar surface area (TPSA) is 66.8 Å². The number of rotatable bonds is 6. The molecular weight excluding hydrogens is 392 g/mol. The first-order chi connectivity index (χ1) is 14.1. The van der Waals surface area contributed by atoms with E-state index in [1.807, 2.05) is 13.8 Å². The van der Waals surface area contributed by atoms with E-state index < -0.39 is 29.3 Å². The minimum absolute atomic E-state index is 0.00431.